The van der Waals surface area contributed by atoms with Gasteiger partial charge in [-0.25, -0.2) is 8.42 Å². The zero-order chi connectivity index (χ0) is 25.4. The molecule has 0 saturated heterocycles. The van der Waals surface area contributed by atoms with Crippen molar-refractivity contribution in [2.75, 3.05) is 36.9 Å². The van der Waals surface area contributed by atoms with E-state index in [1.807, 2.05) is 6.92 Å². The number of nitrogens with zero attached hydrogens (tertiary/aromatic N) is 1. The summed E-state index contributed by atoms with van der Waals surface area (Å²) in [6, 6.07) is 19.1. The van der Waals surface area contributed by atoms with Crippen LogP contribution >= 0.6 is 0 Å². The summed E-state index contributed by atoms with van der Waals surface area (Å²) in [5.41, 5.74) is 1.18. The Morgan fingerprint density at radius 3 is 2.23 bits per heavy atom. The average molecular weight is 498 g/mol. The summed E-state index contributed by atoms with van der Waals surface area (Å²) in [5.74, 6) is 0.200. The number of carbonyl (C=O) groups excluding carboxylic acids is 2. The number of benzene rings is 3. The molecule has 0 atom stereocenters. The van der Waals surface area contributed by atoms with Crippen LogP contribution in [0, 0.1) is 0 Å². The first-order chi connectivity index (χ1) is 16.8. The molecule has 0 aliphatic carbocycles. The van der Waals surface area contributed by atoms with Crippen molar-refractivity contribution in [1.82, 2.24) is 5.32 Å². The van der Waals surface area contributed by atoms with E-state index in [1.54, 1.807) is 48.5 Å². The topological polar surface area (TPSA) is 114 Å². The predicted molar refractivity (Wildman–Crippen MR) is 134 cm³/mol. The van der Waals surface area contributed by atoms with Gasteiger partial charge in [0.25, 0.3) is 15.9 Å². The summed E-state index contributed by atoms with van der Waals surface area (Å²) in [6.45, 7) is 2.18. The van der Waals surface area contributed by atoms with Crippen LogP contribution in [0.3, 0.4) is 0 Å². The SMILES string of the molecule is CCOc1ccc(NC(=O)CNC(=O)c2ccc(S(=O)(=O)N(C)c3ccccc3OC)cc2)cc1. The highest BCUT2D eigenvalue weighted by Crippen LogP contribution is 2.30. The zero-order valence-corrected chi connectivity index (χ0v) is 20.5. The molecule has 0 unspecified atom stereocenters. The van der Waals surface area contributed by atoms with Crippen LogP contribution in [0.2, 0.25) is 0 Å². The van der Waals surface area contributed by atoms with Gasteiger partial charge in [0.2, 0.25) is 5.91 Å². The lowest BCUT2D eigenvalue weighted by Gasteiger charge is -2.21. The zero-order valence-electron chi connectivity index (χ0n) is 19.6. The summed E-state index contributed by atoms with van der Waals surface area (Å²) >= 11 is 0. The van der Waals surface area contributed by atoms with Gasteiger partial charge in [-0.3, -0.25) is 13.9 Å². The highest BCUT2D eigenvalue weighted by molar-refractivity contribution is 7.92. The number of nitrogens with one attached hydrogen (secondary N) is 2. The molecule has 3 aromatic carbocycles. The maximum Gasteiger partial charge on any atom is 0.264 e. The Morgan fingerprint density at radius 2 is 1.60 bits per heavy atom. The van der Waals surface area contributed by atoms with E-state index in [-0.39, 0.29) is 17.0 Å². The monoisotopic (exact) mass is 497 g/mol. The molecule has 0 fully saturated rings. The minimum absolute atomic E-state index is 0.00991. The third-order valence-electron chi connectivity index (χ3n) is 5.06. The molecule has 2 N–H and O–H groups in total. The Labute approximate surface area is 204 Å². The van der Waals surface area contributed by atoms with Crippen molar-refractivity contribution in [2.45, 2.75) is 11.8 Å². The maximum absolute atomic E-state index is 13.0. The molecule has 0 aliphatic heterocycles. The lowest BCUT2D eigenvalue weighted by molar-refractivity contribution is -0.115. The largest absolute Gasteiger partial charge is 0.495 e. The van der Waals surface area contributed by atoms with E-state index in [0.29, 0.717) is 29.5 Å². The molecule has 0 aromatic heterocycles. The Hall–Kier alpha value is -4.05. The molecule has 3 aromatic rings. The fourth-order valence-corrected chi connectivity index (χ4v) is 4.43. The number of para-hydroxylation sites is 2. The highest BCUT2D eigenvalue weighted by Gasteiger charge is 2.24. The van der Waals surface area contributed by atoms with Crippen molar-refractivity contribution in [2.24, 2.45) is 0 Å². The van der Waals surface area contributed by atoms with Gasteiger partial charge in [-0.15, -0.1) is 0 Å². The van der Waals surface area contributed by atoms with Gasteiger partial charge in [-0.2, -0.15) is 0 Å². The Kier molecular flexibility index (Phi) is 8.32. The van der Waals surface area contributed by atoms with E-state index in [1.165, 1.54) is 38.4 Å². The van der Waals surface area contributed by atoms with E-state index in [0.717, 1.165) is 4.31 Å². The fourth-order valence-electron chi connectivity index (χ4n) is 3.22. The Balaban J connectivity index is 1.60. The van der Waals surface area contributed by atoms with Gasteiger partial charge in [0, 0.05) is 18.3 Å². The predicted octanol–water partition coefficient (Wildman–Crippen LogP) is 3.29. The van der Waals surface area contributed by atoms with Crippen LogP contribution in [0.15, 0.2) is 77.7 Å². The standard InChI is InChI=1S/C25H27N3O6S/c1-4-34-20-13-11-19(12-14-20)27-24(29)17-26-25(30)18-9-15-21(16-10-18)35(31,32)28(2)22-7-5-6-8-23(22)33-3/h5-16H,4,17H2,1-3H3,(H,26,30)(H,27,29). The normalized spacial score (nSPS) is 10.8. The highest BCUT2D eigenvalue weighted by atomic mass is 32.2. The van der Waals surface area contributed by atoms with Gasteiger partial charge in [-0.1, -0.05) is 12.1 Å². The van der Waals surface area contributed by atoms with Gasteiger partial charge in [-0.05, 0) is 67.6 Å². The second kappa shape index (κ2) is 11.4. The van der Waals surface area contributed by atoms with Crippen LogP contribution in [-0.2, 0) is 14.8 Å². The second-order valence-corrected chi connectivity index (χ2v) is 9.33. The molecule has 10 heteroatoms. The maximum atomic E-state index is 13.0. The lowest BCUT2D eigenvalue weighted by Crippen LogP contribution is -2.33. The number of methoxy groups -OCH3 is 1. The minimum Gasteiger partial charge on any atom is -0.495 e. The number of carbonyl (C=O) groups is 2. The van der Waals surface area contributed by atoms with E-state index >= 15 is 0 Å². The summed E-state index contributed by atoms with van der Waals surface area (Å²) in [7, 11) is -0.995. The molecule has 2 amide bonds. The first-order valence-electron chi connectivity index (χ1n) is 10.8. The third kappa shape index (κ3) is 6.30. The molecule has 0 spiro atoms. The molecule has 3 rings (SSSR count). The van der Waals surface area contributed by atoms with Crippen LogP contribution in [0.25, 0.3) is 0 Å². The van der Waals surface area contributed by atoms with E-state index < -0.39 is 21.8 Å². The van der Waals surface area contributed by atoms with Gasteiger partial charge >= 0.3 is 0 Å². The Morgan fingerprint density at radius 1 is 0.943 bits per heavy atom. The number of hydrogen-bond donors (Lipinski definition) is 2. The van der Waals surface area contributed by atoms with Crippen molar-refractivity contribution in [3.05, 3.63) is 78.4 Å². The van der Waals surface area contributed by atoms with E-state index in [2.05, 4.69) is 10.6 Å². The van der Waals surface area contributed by atoms with Crippen LogP contribution in [-0.4, -0.2) is 47.5 Å². The molecule has 0 saturated carbocycles. The van der Waals surface area contributed by atoms with Crippen LogP contribution in [0.1, 0.15) is 17.3 Å². The summed E-state index contributed by atoms with van der Waals surface area (Å²) in [4.78, 5) is 24.6. The number of anilines is 2. The number of amides is 2. The van der Waals surface area contributed by atoms with Crippen LogP contribution in [0.4, 0.5) is 11.4 Å². The first-order valence-corrected chi connectivity index (χ1v) is 12.2. The smallest absolute Gasteiger partial charge is 0.264 e. The summed E-state index contributed by atoms with van der Waals surface area (Å²) < 4.78 is 37.8. The number of hydrogen-bond acceptors (Lipinski definition) is 6. The number of sulfonamides is 1. The van der Waals surface area contributed by atoms with Gasteiger partial charge < -0.3 is 20.1 Å². The molecule has 9 nitrogen and oxygen atoms in total. The Bertz CT molecular complexity index is 1280. The average Bonchev–Trinajstić information content (AvgIpc) is 2.88. The third-order valence-corrected chi connectivity index (χ3v) is 6.84. The number of ether oxygens (including phenoxy) is 2. The molecule has 0 heterocycles. The van der Waals surface area contributed by atoms with Crippen molar-refractivity contribution in [1.29, 1.82) is 0 Å². The van der Waals surface area contributed by atoms with Gasteiger partial charge in [0.15, 0.2) is 0 Å². The summed E-state index contributed by atoms with van der Waals surface area (Å²) in [5, 5.41) is 5.20. The first kappa shape index (κ1) is 25.6. The van der Waals surface area contributed by atoms with Gasteiger partial charge in [0.1, 0.15) is 11.5 Å². The fraction of sp³-hybridized carbons (Fsp3) is 0.200. The molecular formula is C25H27N3O6S. The quantitative estimate of drug-likeness (QED) is 0.444. The molecule has 35 heavy (non-hydrogen) atoms. The van der Waals surface area contributed by atoms with Crippen molar-refractivity contribution >= 4 is 33.2 Å². The molecule has 184 valence electrons. The molecule has 0 bridgehead atoms. The van der Waals surface area contributed by atoms with Crippen molar-refractivity contribution in [3.8, 4) is 11.5 Å². The van der Waals surface area contributed by atoms with Crippen molar-refractivity contribution in [3.63, 3.8) is 0 Å². The van der Waals surface area contributed by atoms with Gasteiger partial charge in [0.05, 0.1) is 30.8 Å². The second-order valence-electron chi connectivity index (χ2n) is 7.36. The summed E-state index contributed by atoms with van der Waals surface area (Å²) in [6.07, 6.45) is 0. The van der Waals surface area contributed by atoms with Crippen molar-refractivity contribution < 1.29 is 27.5 Å². The van der Waals surface area contributed by atoms with E-state index in [9.17, 15) is 18.0 Å². The number of rotatable bonds is 10. The minimum atomic E-state index is -3.89. The lowest BCUT2D eigenvalue weighted by atomic mass is 10.2. The molecular weight excluding hydrogens is 470 g/mol. The molecule has 0 aliphatic rings. The van der Waals surface area contributed by atoms with Crippen LogP contribution in [0.5, 0.6) is 11.5 Å². The van der Waals surface area contributed by atoms with E-state index in [4.69, 9.17) is 9.47 Å². The molecule has 0 radical (unpaired) electrons. The van der Waals surface area contributed by atoms with Crippen LogP contribution < -0.4 is 24.4 Å².